The average molecular weight is 239 g/mol. The zero-order chi connectivity index (χ0) is 12.7. The summed E-state index contributed by atoms with van der Waals surface area (Å²) in [5, 5.41) is 5.92. The van der Waals surface area contributed by atoms with Crippen LogP contribution >= 0.6 is 0 Å². The Morgan fingerprint density at radius 2 is 2.00 bits per heavy atom. The third kappa shape index (κ3) is 5.20. The van der Waals surface area contributed by atoms with Crippen LogP contribution in [-0.2, 0) is 4.79 Å². The maximum atomic E-state index is 11.6. The standard InChI is InChI=1S/C13H25N3O/c1-4-5-6-7-8-9-11-12(17)16-13(15-11)14-10(2)3/h10-11H,4-9H2,1-3H3,(H2,14,15,16,17). The molecule has 0 aromatic carbocycles. The lowest BCUT2D eigenvalue weighted by molar-refractivity contribution is -0.120. The fourth-order valence-corrected chi connectivity index (χ4v) is 1.93. The third-order valence-corrected chi connectivity index (χ3v) is 2.84. The van der Waals surface area contributed by atoms with Crippen LogP contribution in [-0.4, -0.2) is 24.0 Å². The highest BCUT2D eigenvalue weighted by Gasteiger charge is 2.25. The van der Waals surface area contributed by atoms with Crippen molar-refractivity contribution < 1.29 is 4.79 Å². The molecule has 1 heterocycles. The lowest BCUT2D eigenvalue weighted by Crippen LogP contribution is -2.40. The molecule has 1 atom stereocenters. The summed E-state index contributed by atoms with van der Waals surface area (Å²) >= 11 is 0. The van der Waals surface area contributed by atoms with Crippen molar-refractivity contribution in [1.29, 1.82) is 0 Å². The molecule has 1 amide bonds. The van der Waals surface area contributed by atoms with Gasteiger partial charge in [0.2, 0.25) is 0 Å². The van der Waals surface area contributed by atoms with Crippen LogP contribution in [0.4, 0.5) is 0 Å². The minimum atomic E-state index is -0.169. The number of guanidine groups is 1. The zero-order valence-corrected chi connectivity index (χ0v) is 11.3. The van der Waals surface area contributed by atoms with Crippen LogP contribution in [0.3, 0.4) is 0 Å². The number of hydrogen-bond donors (Lipinski definition) is 2. The maximum absolute atomic E-state index is 11.6. The number of nitrogens with zero attached hydrogens (tertiary/aromatic N) is 1. The van der Waals surface area contributed by atoms with Gasteiger partial charge >= 0.3 is 0 Å². The van der Waals surface area contributed by atoms with E-state index >= 15 is 0 Å². The third-order valence-electron chi connectivity index (χ3n) is 2.84. The summed E-state index contributed by atoms with van der Waals surface area (Å²) in [6, 6.07) is 0.134. The predicted octanol–water partition coefficient (Wildman–Crippen LogP) is 2.20. The van der Waals surface area contributed by atoms with Crippen LogP contribution in [0.2, 0.25) is 0 Å². The van der Waals surface area contributed by atoms with Gasteiger partial charge in [0.25, 0.3) is 5.91 Å². The number of unbranched alkanes of at least 4 members (excludes halogenated alkanes) is 4. The molecule has 4 heteroatoms. The van der Waals surface area contributed by atoms with Gasteiger partial charge in [-0.2, -0.15) is 0 Å². The highest BCUT2D eigenvalue weighted by atomic mass is 16.2. The molecule has 0 saturated carbocycles. The molecule has 2 N–H and O–H groups in total. The van der Waals surface area contributed by atoms with E-state index in [1.54, 1.807) is 0 Å². The maximum Gasteiger partial charge on any atom is 0.251 e. The van der Waals surface area contributed by atoms with Gasteiger partial charge in [0, 0.05) is 6.04 Å². The van der Waals surface area contributed by atoms with Crippen LogP contribution < -0.4 is 10.6 Å². The lowest BCUT2D eigenvalue weighted by atomic mass is 10.1. The highest BCUT2D eigenvalue weighted by molar-refractivity contribution is 6.04. The van der Waals surface area contributed by atoms with Crippen LogP contribution in [0.15, 0.2) is 4.99 Å². The van der Waals surface area contributed by atoms with E-state index in [2.05, 4.69) is 22.5 Å². The molecular formula is C13H25N3O. The Balaban J connectivity index is 2.24. The van der Waals surface area contributed by atoms with Crippen molar-refractivity contribution in [3.8, 4) is 0 Å². The number of rotatable bonds is 7. The smallest absolute Gasteiger partial charge is 0.251 e. The summed E-state index contributed by atoms with van der Waals surface area (Å²) in [5.74, 6) is 0.687. The molecular weight excluding hydrogens is 214 g/mol. The molecule has 0 aliphatic carbocycles. The number of nitrogens with one attached hydrogen (secondary N) is 2. The molecule has 0 spiro atoms. The van der Waals surface area contributed by atoms with Gasteiger partial charge in [-0.1, -0.05) is 39.0 Å². The van der Waals surface area contributed by atoms with Gasteiger partial charge in [-0.25, -0.2) is 4.99 Å². The first-order valence-electron chi connectivity index (χ1n) is 6.78. The topological polar surface area (TPSA) is 53.5 Å². The second kappa shape index (κ2) is 7.30. The van der Waals surface area contributed by atoms with Crippen molar-refractivity contribution in [3.05, 3.63) is 0 Å². The first kappa shape index (κ1) is 14.0. The summed E-state index contributed by atoms with van der Waals surface area (Å²) in [7, 11) is 0. The van der Waals surface area contributed by atoms with Crippen LogP contribution in [0.5, 0.6) is 0 Å². The molecule has 1 unspecified atom stereocenters. The molecule has 0 saturated heterocycles. The molecule has 0 radical (unpaired) electrons. The Morgan fingerprint density at radius 3 is 2.65 bits per heavy atom. The first-order chi connectivity index (χ1) is 8.13. The summed E-state index contributed by atoms with van der Waals surface area (Å²) in [5.41, 5.74) is 0. The summed E-state index contributed by atoms with van der Waals surface area (Å²) < 4.78 is 0. The molecule has 1 rings (SSSR count). The fraction of sp³-hybridized carbons (Fsp3) is 0.846. The van der Waals surface area contributed by atoms with Crippen molar-refractivity contribution >= 4 is 11.9 Å². The van der Waals surface area contributed by atoms with E-state index in [1.165, 1.54) is 25.7 Å². The number of amides is 1. The number of carbonyl (C=O) groups excluding carboxylic acids is 1. The molecule has 0 bridgehead atoms. The van der Waals surface area contributed by atoms with Crippen LogP contribution in [0.1, 0.15) is 59.3 Å². The predicted molar refractivity (Wildman–Crippen MR) is 71.0 cm³/mol. The lowest BCUT2D eigenvalue weighted by Gasteiger charge is -2.07. The summed E-state index contributed by atoms with van der Waals surface area (Å²) in [6.45, 7) is 6.28. The van der Waals surface area contributed by atoms with Crippen molar-refractivity contribution in [2.75, 3.05) is 0 Å². The van der Waals surface area contributed by atoms with Gasteiger partial charge in [-0.05, 0) is 20.3 Å². The van der Waals surface area contributed by atoms with E-state index in [1.807, 2.05) is 13.8 Å². The van der Waals surface area contributed by atoms with E-state index in [4.69, 9.17) is 0 Å². The number of carbonyl (C=O) groups is 1. The molecule has 0 aromatic heterocycles. The van der Waals surface area contributed by atoms with Gasteiger partial charge in [0.1, 0.15) is 6.04 Å². The summed E-state index contributed by atoms with van der Waals surface area (Å²) in [6.07, 6.45) is 6.99. The quantitative estimate of drug-likeness (QED) is 0.669. The molecule has 4 nitrogen and oxygen atoms in total. The average Bonchev–Trinajstić information content (AvgIpc) is 2.58. The Bertz CT molecular complexity index is 274. The minimum Gasteiger partial charge on any atom is -0.354 e. The van der Waals surface area contributed by atoms with Crippen molar-refractivity contribution in [1.82, 2.24) is 10.6 Å². The second-order valence-corrected chi connectivity index (χ2v) is 4.98. The van der Waals surface area contributed by atoms with E-state index in [9.17, 15) is 4.79 Å². The van der Waals surface area contributed by atoms with Gasteiger partial charge in [0.15, 0.2) is 5.96 Å². The summed E-state index contributed by atoms with van der Waals surface area (Å²) in [4.78, 5) is 16.0. The minimum absolute atomic E-state index is 0.0450. The van der Waals surface area contributed by atoms with Gasteiger partial charge in [-0.3, -0.25) is 10.1 Å². The van der Waals surface area contributed by atoms with Gasteiger partial charge < -0.3 is 5.32 Å². The van der Waals surface area contributed by atoms with E-state index in [0.29, 0.717) is 12.0 Å². The zero-order valence-electron chi connectivity index (χ0n) is 11.3. The van der Waals surface area contributed by atoms with E-state index < -0.39 is 0 Å². The largest absolute Gasteiger partial charge is 0.354 e. The van der Waals surface area contributed by atoms with Crippen molar-refractivity contribution in [2.45, 2.75) is 71.4 Å². The van der Waals surface area contributed by atoms with Crippen molar-refractivity contribution in [3.63, 3.8) is 0 Å². The number of aliphatic imine (C=N–C) groups is 1. The highest BCUT2D eigenvalue weighted by Crippen LogP contribution is 2.12. The Labute approximate surface area is 104 Å². The Morgan fingerprint density at radius 1 is 1.29 bits per heavy atom. The fourth-order valence-electron chi connectivity index (χ4n) is 1.93. The monoisotopic (exact) mass is 239 g/mol. The second-order valence-electron chi connectivity index (χ2n) is 4.98. The number of hydrogen-bond acceptors (Lipinski definition) is 3. The van der Waals surface area contributed by atoms with E-state index in [0.717, 1.165) is 12.8 Å². The SMILES string of the molecule is CCCCCCCC1N=C(NC(C)C)NC1=O. The Hall–Kier alpha value is -1.06. The van der Waals surface area contributed by atoms with Crippen LogP contribution in [0.25, 0.3) is 0 Å². The van der Waals surface area contributed by atoms with Crippen molar-refractivity contribution in [2.24, 2.45) is 4.99 Å². The van der Waals surface area contributed by atoms with Gasteiger partial charge in [-0.15, -0.1) is 0 Å². The molecule has 1 aliphatic rings. The molecule has 0 aromatic rings. The molecule has 98 valence electrons. The van der Waals surface area contributed by atoms with E-state index in [-0.39, 0.29) is 11.9 Å². The van der Waals surface area contributed by atoms with Gasteiger partial charge in [0.05, 0.1) is 0 Å². The van der Waals surface area contributed by atoms with Crippen LogP contribution in [0, 0.1) is 0 Å². The normalized spacial score (nSPS) is 19.4. The molecule has 0 fully saturated rings. The molecule has 1 aliphatic heterocycles. The molecule has 17 heavy (non-hydrogen) atoms. The first-order valence-corrected chi connectivity index (χ1v) is 6.78. The Kier molecular flexibility index (Phi) is 6.01.